The van der Waals surface area contributed by atoms with E-state index >= 15 is 0 Å². The highest BCUT2D eigenvalue weighted by atomic mass is 32.2. The Balaban J connectivity index is 1.98. The lowest BCUT2D eigenvalue weighted by Gasteiger charge is -2.15. The van der Waals surface area contributed by atoms with Crippen LogP contribution in [0.2, 0.25) is 0 Å². The van der Waals surface area contributed by atoms with Crippen LogP contribution in [0, 0.1) is 6.92 Å². The quantitative estimate of drug-likeness (QED) is 0.694. The molecule has 3 rings (SSSR count). The summed E-state index contributed by atoms with van der Waals surface area (Å²) in [6, 6.07) is 7.24. The number of nitrogens with zero attached hydrogens (tertiary/aromatic N) is 3. The summed E-state index contributed by atoms with van der Waals surface area (Å²) in [6.45, 7) is 1.59. The molecule has 0 bridgehead atoms. The predicted octanol–water partition coefficient (Wildman–Crippen LogP) is 3.25. The topological polar surface area (TPSA) is 94.0 Å². The summed E-state index contributed by atoms with van der Waals surface area (Å²) in [4.78, 5) is 16.1. The van der Waals surface area contributed by atoms with Crippen molar-refractivity contribution in [3.8, 4) is 5.69 Å². The normalized spacial score (nSPS) is 12.0. The Morgan fingerprint density at radius 2 is 1.86 bits per heavy atom. The first-order chi connectivity index (χ1) is 13.5. The summed E-state index contributed by atoms with van der Waals surface area (Å²) in [6.07, 6.45) is -1.47. The van der Waals surface area contributed by atoms with Gasteiger partial charge in [0.25, 0.3) is 5.91 Å². The van der Waals surface area contributed by atoms with Gasteiger partial charge < -0.3 is 5.32 Å². The third-order valence-electron chi connectivity index (χ3n) is 4.11. The lowest BCUT2D eigenvalue weighted by molar-refractivity contribution is -0.137. The van der Waals surface area contributed by atoms with Gasteiger partial charge in [-0.15, -0.1) is 0 Å². The fourth-order valence-electron chi connectivity index (χ4n) is 2.65. The van der Waals surface area contributed by atoms with Gasteiger partial charge in [0.2, 0.25) is 0 Å². The third kappa shape index (κ3) is 4.45. The number of sulfone groups is 1. The van der Waals surface area contributed by atoms with E-state index in [1.807, 2.05) is 0 Å². The molecule has 0 aliphatic heterocycles. The first-order valence-electron chi connectivity index (χ1n) is 8.15. The van der Waals surface area contributed by atoms with Crippen molar-refractivity contribution in [2.24, 2.45) is 0 Å². The van der Waals surface area contributed by atoms with Gasteiger partial charge in [0.15, 0.2) is 9.84 Å². The molecule has 1 aromatic heterocycles. The van der Waals surface area contributed by atoms with Crippen molar-refractivity contribution in [3.05, 3.63) is 65.7 Å². The molecule has 11 heteroatoms. The molecule has 1 amide bonds. The van der Waals surface area contributed by atoms with Crippen molar-refractivity contribution in [2.75, 3.05) is 11.6 Å². The van der Waals surface area contributed by atoms with Gasteiger partial charge in [0.1, 0.15) is 12.7 Å². The van der Waals surface area contributed by atoms with Gasteiger partial charge in [-0.3, -0.25) is 4.79 Å². The van der Waals surface area contributed by atoms with Gasteiger partial charge >= 0.3 is 6.18 Å². The molecule has 2 aromatic carbocycles. The van der Waals surface area contributed by atoms with Crippen LogP contribution in [0.1, 0.15) is 21.5 Å². The SMILES string of the molecule is Cc1ccc(S(C)(=O)=O)cc1C(=O)Nc1ccc(-n2cncn2)c(C(F)(F)F)c1. The lowest BCUT2D eigenvalue weighted by atomic mass is 10.1. The molecule has 0 aliphatic rings. The number of amides is 1. The van der Waals surface area contributed by atoms with E-state index in [2.05, 4.69) is 15.4 Å². The Kier molecular flexibility index (Phi) is 5.18. The van der Waals surface area contributed by atoms with Crippen molar-refractivity contribution in [1.29, 1.82) is 0 Å². The second kappa shape index (κ2) is 7.32. The van der Waals surface area contributed by atoms with Crippen molar-refractivity contribution >= 4 is 21.4 Å². The van der Waals surface area contributed by atoms with Crippen molar-refractivity contribution in [3.63, 3.8) is 0 Å². The van der Waals surface area contributed by atoms with E-state index < -0.39 is 27.5 Å². The first kappa shape index (κ1) is 20.5. The van der Waals surface area contributed by atoms with Gasteiger partial charge in [-0.05, 0) is 42.8 Å². The molecule has 0 spiro atoms. The molecule has 3 aromatic rings. The van der Waals surface area contributed by atoms with E-state index in [4.69, 9.17) is 0 Å². The zero-order valence-corrected chi connectivity index (χ0v) is 16.0. The highest BCUT2D eigenvalue weighted by Crippen LogP contribution is 2.35. The highest BCUT2D eigenvalue weighted by Gasteiger charge is 2.34. The molecule has 0 radical (unpaired) electrons. The average molecular weight is 424 g/mol. The Hall–Kier alpha value is -3.21. The lowest BCUT2D eigenvalue weighted by Crippen LogP contribution is -2.16. The van der Waals surface area contributed by atoms with Crippen molar-refractivity contribution in [1.82, 2.24) is 14.8 Å². The van der Waals surface area contributed by atoms with Crippen LogP contribution in [0.15, 0.2) is 53.9 Å². The molecule has 0 unspecified atom stereocenters. The van der Waals surface area contributed by atoms with Crippen LogP contribution in [0.3, 0.4) is 0 Å². The number of carbonyl (C=O) groups excluding carboxylic acids is 1. The van der Waals surface area contributed by atoms with Crippen molar-refractivity contribution in [2.45, 2.75) is 18.0 Å². The number of hydrogen-bond acceptors (Lipinski definition) is 5. The summed E-state index contributed by atoms with van der Waals surface area (Å²) in [5.74, 6) is -0.727. The number of benzene rings is 2. The van der Waals surface area contributed by atoms with Crippen LogP contribution < -0.4 is 5.32 Å². The Morgan fingerprint density at radius 3 is 2.45 bits per heavy atom. The fraction of sp³-hybridized carbons (Fsp3) is 0.167. The highest BCUT2D eigenvalue weighted by molar-refractivity contribution is 7.90. The third-order valence-corrected chi connectivity index (χ3v) is 5.22. The molecule has 152 valence electrons. The van der Waals surface area contributed by atoms with Crippen LogP contribution in [-0.4, -0.2) is 35.3 Å². The summed E-state index contributed by atoms with van der Waals surface area (Å²) in [5, 5.41) is 6.09. The number of hydrogen-bond donors (Lipinski definition) is 1. The molecule has 0 saturated carbocycles. The summed E-state index contributed by atoms with van der Waals surface area (Å²) < 4.78 is 64.9. The predicted molar refractivity (Wildman–Crippen MR) is 98.6 cm³/mol. The van der Waals surface area contributed by atoms with Crippen LogP contribution in [0.5, 0.6) is 0 Å². The van der Waals surface area contributed by atoms with E-state index in [9.17, 15) is 26.4 Å². The fourth-order valence-corrected chi connectivity index (χ4v) is 3.30. The molecule has 0 fully saturated rings. The van der Waals surface area contributed by atoms with E-state index in [1.165, 1.54) is 24.3 Å². The van der Waals surface area contributed by atoms with Crippen molar-refractivity contribution < 1.29 is 26.4 Å². The summed E-state index contributed by atoms with van der Waals surface area (Å²) in [7, 11) is -3.55. The average Bonchev–Trinajstić information content (AvgIpc) is 3.14. The van der Waals surface area contributed by atoms with Crippen LogP contribution in [0.25, 0.3) is 5.69 Å². The molecule has 0 atom stereocenters. The second-order valence-corrected chi connectivity index (χ2v) is 8.29. The largest absolute Gasteiger partial charge is 0.418 e. The number of anilines is 1. The molecule has 1 heterocycles. The number of halogens is 3. The molecular formula is C18H15F3N4O3S. The van der Waals surface area contributed by atoms with Crippen LogP contribution in [0.4, 0.5) is 18.9 Å². The van der Waals surface area contributed by atoms with E-state index in [-0.39, 0.29) is 21.8 Å². The molecule has 29 heavy (non-hydrogen) atoms. The molecule has 7 nitrogen and oxygen atoms in total. The number of alkyl halides is 3. The maximum atomic E-state index is 13.5. The van der Waals surface area contributed by atoms with Gasteiger partial charge in [0, 0.05) is 17.5 Å². The molecule has 0 aliphatic carbocycles. The number of aromatic nitrogens is 3. The van der Waals surface area contributed by atoms with E-state index in [0.717, 1.165) is 35.7 Å². The monoisotopic (exact) mass is 424 g/mol. The zero-order chi connectivity index (χ0) is 21.4. The Morgan fingerprint density at radius 1 is 1.14 bits per heavy atom. The standard InChI is InChI=1S/C18H15F3N4O3S/c1-11-3-5-13(29(2,27)28)8-14(11)17(26)24-12-4-6-16(25-10-22-9-23-25)15(7-12)18(19,20)21/h3-10H,1-2H3,(H,24,26). The van der Waals surface area contributed by atoms with Gasteiger partial charge in [-0.2, -0.15) is 18.3 Å². The summed E-state index contributed by atoms with van der Waals surface area (Å²) in [5.41, 5.74) is -0.840. The number of rotatable bonds is 4. The smallest absolute Gasteiger partial charge is 0.322 e. The van der Waals surface area contributed by atoms with Crippen LogP contribution in [-0.2, 0) is 16.0 Å². The van der Waals surface area contributed by atoms with Gasteiger partial charge in [0.05, 0.1) is 16.1 Å². The minimum absolute atomic E-state index is 0.0434. The maximum absolute atomic E-state index is 13.5. The zero-order valence-electron chi connectivity index (χ0n) is 15.2. The van der Waals surface area contributed by atoms with E-state index in [0.29, 0.717) is 5.56 Å². The minimum atomic E-state index is -4.70. The first-order valence-corrected chi connectivity index (χ1v) is 10.0. The molecule has 1 N–H and O–H groups in total. The second-order valence-electron chi connectivity index (χ2n) is 6.27. The Labute approximate surface area is 164 Å². The maximum Gasteiger partial charge on any atom is 0.418 e. The number of nitrogens with one attached hydrogen (secondary N) is 1. The van der Waals surface area contributed by atoms with Gasteiger partial charge in [-0.1, -0.05) is 6.07 Å². The number of carbonyl (C=O) groups is 1. The summed E-state index contributed by atoms with van der Waals surface area (Å²) >= 11 is 0. The Bertz CT molecular complexity index is 1170. The van der Waals surface area contributed by atoms with Gasteiger partial charge in [-0.25, -0.2) is 18.1 Å². The molecular weight excluding hydrogens is 409 g/mol. The number of aryl methyl sites for hydroxylation is 1. The minimum Gasteiger partial charge on any atom is -0.322 e. The molecule has 0 saturated heterocycles. The van der Waals surface area contributed by atoms with E-state index in [1.54, 1.807) is 6.92 Å². The van der Waals surface area contributed by atoms with Crippen LogP contribution >= 0.6 is 0 Å².